The van der Waals surface area contributed by atoms with Gasteiger partial charge in [-0.1, -0.05) is 29.8 Å². The van der Waals surface area contributed by atoms with E-state index >= 15 is 0 Å². The molecule has 2 saturated heterocycles. The van der Waals surface area contributed by atoms with E-state index in [1.807, 2.05) is 31.2 Å². The zero-order chi connectivity index (χ0) is 21.5. The molecule has 2 fully saturated rings. The Morgan fingerprint density at radius 3 is 2.60 bits per heavy atom. The summed E-state index contributed by atoms with van der Waals surface area (Å²) < 4.78 is 44.2. The first-order valence-electron chi connectivity index (χ1n) is 9.79. The van der Waals surface area contributed by atoms with Crippen LogP contribution in [0.15, 0.2) is 42.5 Å². The van der Waals surface area contributed by atoms with Gasteiger partial charge in [-0.15, -0.1) is 0 Å². The van der Waals surface area contributed by atoms with E-state index in [0.717, 1.165) is 16.9 Å². The molecule has 0 unspecified atom stereocenters. The molecule has 0 amide bonds. The SMILES string of the molecule is CCOc1ccc(Cc2cc([C@]34C[C@@H](O)[C@H](O)[C@](C(F)F)(CO3)O4)ccc2Cl)cc1. The Balaban J connectivity index is 1.63. The van der Waals surface area contributed by atoms with Gasteiger partial charge >= 0.3 is 0 Å². The van der Waals surface area contributed by atoms with E-state index in [1.165, 1.54) is 0 Å². The average molecular weight is 441 g/mol. The van der Waals surface area contributed by atoms with Gasteiger partial charge in [0.2, 0.25) is 0 Å². The molecular weight excluding hydrogens is 418 g/mol. The third kappa shape index (κ3) is 3.59. The molecule has 4 rings (SSSR count). The lowest BCUT2D eigenvalue weighted by Crippen LogP contribution is -2.60. The number of hydrogen-bond acceptors (Lipinski definition) is 5. The van der Waals surface area contributed by atoms with E-state index in [0.29, 0.717) is 23.6 Å². The minimum Gasteiger partial charge on any atom is -0.494 e. The number of rotatable bonds is 6. The van der Waals surface area contributed by atoms with Crippen LogP contribution in [0.5, 0.6) is 5.75 Å². The first kappa shape index (κ1) is 21.5. The Bertz CT molecular complexity index is 909. The molecule has 2 N–H and O–H groups in total. The van der Waals surface area contributed by atoms with Gasteiger partial charge in [-0.2, -0.15) is 0 Å². The number of ether oxygens (including phenoxy) is 3. The second-order valence-electron chi connectivity index (χ2n) is 7.68. The van der Waals surface area contributed by atoms with Crippen molar-refractivity contribution in [3.8, 4) is 5.75 Å². The minimum atomic E-state index is -3.01. The molecule has 2 aromatic carbocycles. The molecule has 4 atom stereocenters. The lowest BCUT2D eigenvalue weighted by Gasteiger charge is -2.43. The number of halogens is 3. The molecule has 0 aliphatic carbocycles. The molecule has 2 bridgehead atoms. The largest absolute Gasteiger partial charge is 0.494 e. The van der Waals surface area contributed by atoms with E-state index in [4.69, 9.17) is 25.8 Å². The summed E-state index contributed by atoms with van der Waals surface area (Å²) in [6, 6.07) is 12.6. The summed E-state index contributed by atoms with van der Waals surface area (Å²) in [4.78, 5) is 0. The lowest BCUT2D eigenvalue weighted by atomic mass is 9.85. The van der Waals surface area contributed by atoms with Crippen LogP contribution in [0, 0.1) is 0 Å². The van der Waals surface area contributed by atoms with Crippen LogP contribution < -0.4 is 4.74 Å². The monoisotopic (exact) mass is 440 g/mol. The smallest absolute Gasteiger partial charge is 0.272 e. The number of aliphatic hydroxyl groups excluding tert-OH is 2. The Morgan fingerprint density at radius 1 is 1.20 bits per heavy atom. The van der Waals surface area contributed by atoms with Crippen molar-refractivity contribution in [2.45, 2.75) is 49.8 Å². The summed E-state index contributed by atoms with van der Waals surface area (Å²) in [6.45, 7) is 1.98. The molecule has 8 heteroatoms. The molecule has 2 aliphatic rings. The van der Waals surface area contributed by atoms with Gasteiger partial charge < -0.3 is 24.4 Å². The quantitative estimate of drug-likeness (QED) is 0.717. The van der Waals surface area contributed by atoms with Gasteiger partial charge in [0.25, 0.3) is 6.43 Å². The highest BCUT2D eigenvalue weighted by atomic mass is 35.5. The van der Waals surface area contributed by atoms with Crippen molar-refractivity contribution < 1.29 is 33.2 Å². The summed E-state index contributed by atoms with van der Waals surface area (Å²) >= 11 is 6.38. The summed E-state index contributed by atoms with van der Waals surface area (Å²) in [6.07, 6.45) is -5.81. The van der Waals surface area contributed by atoms with Crippen molar-refractivity contribution in [3.05, 3.63) is 64.2 Å². The normalized spacial score (nSPS) is 30.6. The summed E-state index contributed by atoms with van der Waals surface area (Å²) in [5.74, 6) is -0.793. The zero-order valence-corrected chi connectivity index (χ0v) is 17.1. The maximum Gasteiger partial charge on any atom is 0.272 e. The van der Waals surface area contributed by atoms with Crippen molar-refractivity contribution >= 4 is 11.6 Å². The van der Waals surface area contributed by atoms with E-state index < -0.39 is 36.6 Å². The van der Waals surface area contributed by atoms with Crippen molar-refractivity contribution in [2.24, 2.45) is 0 Å². The highest BCUT2D eigenvalue weighted by Gasteiger charge is 2.66. The molecular formula is C22H23ClF2O5. The highest BCUT2D eigenvalue weighted by Crippen LogP contribution is 2.51. The van der Waals surface area contributed by atoms with E-state index in [2.05, 4.69) is 0 Å². The van der Waals surface area contributed by atoms with Gasteiger partial charge in [-0.05, 0) is 48.7 Å². The van der Waals surface area contributed by atoms with E-state index in [9.17, 15) is 19.0 Å². The molecule has 0 aromatic heterocycles. The standard InChI is InChI=1S/C22H23ClF2O5/c1-2-28-16-6-3-13(4-7-16)9-14-10-15(5-8-17(14)23)22-11-18(26)19(27)21(30-22,12-29-22)20(24)25/h3-8,10,18-20,26-27H,2,9,11-12H2,1H3/t18-,19+,21+,22-/m1/s1. The van der Waals surface area contributed by atoms with Crippen LogP contribution in [0.3, 0.4) is 0 Å². The molecule has 2 aliphatic heterocycles. The second-order valence-corrected chi connectivity index (χ2v) is 8.08. The fourth-order valence-electron chi connectivity index (χ4n) is 4.09. The first-order valence-corrected chi connectivity index (χ1v) is 10.2. The van der Waals surface area contributed by atoms with Gasteiger partial charge in [-0.3, -0.25) is 0 Å². The van der Waals surface area contributed by atoms with Crippen molar-refractivity contribution in [1.82, 2.24) is 0 Å². The van der Waals surface area contributed by atoms with Crippen LogP contribution in [0.25, 0.3) is 0 Å². The summed E-state index contributed by atoms with van der Waals surface area (Å²) in [5, 5.41) is 20.9. The zero-order valence-electron chi connectivity index (χ0n) is 16.4. The van der Waals surface area contributed by atoms with Gasteiger partial charge in [0.1, 0.15) is 11.9 Å². The van der Waals surface area contributed by atoms with Crippen molar-refractivity contribution in [3.63, 3.8) is 0 Å². The molecule has 2 aromatic rings. The molecule has 0 saturated carbocycles. The fourth-order valence-corrected chi connectivity index (χ4v) is 4.27. The Morgan fingerprint density at radius 2 is 1.93 bits per heavy atom. The first-order chi connectivity index (χ1) is 14.3. The highest BCUT2D eigenvalue weighted by molar-refractivity contribution is 6.31. The molecule has 5 nitrogen and oxygen atoms in total. The molecule has 0 radical (unpaired) electrons. The molecule has 162 valence electrons. The number of aliphatic hydroxyl groups is 2. The van der Waals surface area contributed by atoms with E-state index in [1.54, 1.807) is 18.2 Å². The van der Waals surface area contributed by atoms with Crippen LogP contribution in [0.4, 0.5) is 8.78 Å². The van der Waals surface area contributed by atoms with Crippen LogP contribution in [0.1, 0.15) is 30.0 Å². The Labute approximate surface area is 178 Å². The summed E-state index contributed by atoms with van der Waals surface area (Å²) in [7, 11) is 0. The number of hydrogen-bond donors (Lipinski definition) is 2. The maximum absolute atomic E-state index is 13.7. The Hall–Kier alpha value is -1.77. The van der Waals surface area contributed by atoms with Crippen LogP contribution in [-0.2, 0) is 21.7 Å². The third-order valence-electron chi connectivity index (χ3n) is 5.71. The van der Waals surface area contributed by atoms with Gasteiger partial charge in [0.15, 0.2) is 11.4 Å². The molecule has 0 spiro atoms. The number of benzene rings is 2. The predicted molar refractivity (Wildman–Crippen MR) is 106 cm³/mol. The topological polar surface area (TPSA) is 68.2 Å². The van der Waals surface area contributed by atoms with Gasteiger partial charge in [0.05, 0.1) is 19.3 Å². The molecule has 30 heavy (non-hydrogen) atoms. The third-order valence-corrected chi connectivity index (χ3v) is 6.08. The Kier molecular flexibility index (Phi) is 5.76. The average Bonchev–Trinajstić information content (AvgIpc) is 3.08. The van der Waals surface area contributed by atoms with Crippen molar-refractivity contribution in [2.75, 3.05) is 13.2 Å². The number of fused-ring (bicyclic) bond motifs is 2. The van der Waals surface area contributed by atoms with Crippen LogP contribution in [-0.4, -0.2) is 47.7 Å². The van der Waals surface area contributed by atoms with E-state index in [-0.39, 0.29) is 6.42 Å². The maximum atomic E-state index is 13.7. The molecule has 2 heterocycles. The van der Waals surface area contributed by atoms with Gasteiger partial charge in [-0.25, -0.2) is 8.78 Å². The minimum absolute atomic E-state index is 0.160. The van der Waals surface area contributed by atoms with Crippen molar-refractivity contribution in [1.29, 1.82) is 0 Å². The van der Waals surface area contributed by atoms with Crippen LogP contribution >= 0.6 is 11.6 Å². The summed E-state index contributed by atoms with van der Waals surface area (Å²) in [5.41, 5.74) is -0.0345. The van der Waals surface area contributed by atoms with Gasteiger partial charge in [0, 0.05) is 17.0 Å². The fraction of sp³-hybridized carbons (Fsp3) is 0.455. The second kappa shape index (κ2) is 8.05. The predicted octanol–water partition coefficient (Wildman–Crippen LogP) is 3.66. The number of alkyl halides is 2. The van der Waals surface area contributed by atoms with Crippen LogP contribution in [0.2, 0.25) is 5.02 Å². The lowest BCUT2D eigenvalue weighted by molar-refractivity contribution is -0.299.